The van der Waals surface area contributed by atoms with Crippen LogP contribution in [-0.2, 0) is 9.59 Å². The van der Waals surface area contributed by atoms with Gasteiger partial charge in [-0.1, -0.05) is 30.7 Å². The van der Waals surface area contributed by atoms with E-state index in [1.54, 1.807) is 12.1 Å². The predicted molar refractivity (Wildman–Crippen MR) is 81.0 cm³/mol. The summed E-state index contributed by atoms with van der Waals surface area (Å²) in [4.78, 5) is 23.6. The van der Waals surface area contributed by atoms with Crippen molar-refractivity contribution < 1.29 is 14.7 Å². The maximum absolute atomic E-state index is 12.4. The van der Waals surface area contributed by atoms with E-state index >= 15 is 0 Å². The number of halogens is 1. The molecule has 1 saturated carbocycles. The number of aliphatic carboxylic acids is 1. The molecule has 4 nitrogen and oxygen atoms in total. The number of nitrogens with one attached hydrogen (secondary N) is 1. The number of carbonyl (C=O) groups excluding carboxylic acids is 1. The zero-order valence-corrected chi connectivity index (χ0v) is 12.9. The predicted octanol–water partition coefficient (Wildman–Crippen LogP) is 3.26. The van der Waals surface area contributed by atoms with Crippen LogP contribution < -0.4 is 5.32 Å². The van der Waals surface area contributed by atoms with Crippen molar-refractivity contribution in [1.82, 2.24) is 5.32 Å². The molecule has 4 unspecified atom stereocenters. The van der Waals surface area contributed by atoms with Crippen LogP contribution in [0, 0.1) is 17.8 Å². The number of carboxylic acid groups (broad SMARTS) is 1. The summed E-state index contributed by atoms with van der Waals surface area (Å²) in [5.41, 5.74) is 0.950. The fraction of sp³-hybridized carbons (Fsp3) is 0.500. The molecule has 1 amide bonds. The number of hydrogen-bond acceptors (Lipinski definition) is 2. The van der Waals surface area contributed by atoms with E-state index in [4.69, 9.17) is 11.6 Å². The Balaban J connectivity index is 2.03. The highest BCUT2D eigenvalue weighted by atomic mass is 35.5. The van der Waals surface area contributed by atoms with Gasteiger partial charge in [-0.3, -0.25) is 9.59 Å². The second-order valence-electron chi connectivity index (χ2n) is 5.91. The molecule has 0 aliphatic heterocycles. The Bertz CT molecular complexity index is 529. The highest BCUT2D eigenvalue weighted by Crippen LogP contribution is 2.36. The van der Waals surface area contributed by atoms with Crippen molar-refractivity contribution in [2.45, 2.75) is 32.7 Å². The van der Waals surface area contributed by atoms with Gasteiger partial charge in [-0.2, -0.15) is 0 Å². The van der Waals surface area contributed by atoms with Gasteiger partial charge in [0.2, 0.25) is 5.91 Å². The van der Waals surface area contributed by atoms with Crippen molar-refractivity contribution >= 4 is 23.5 Å². The van der Waals surface area contributed by atoms with Crippen LogP contribution in [0.15, 0.2) is 24.3 Å². The van der Waals surface area contributed by atoms with Gasteiger partial charge in [0.05, 0.1) is 17.9 Å². The summed E-state index contributed by atoms with van der Waals surface area (Å²) in [6, 6.07) is 7.10. The average Bonchev–Trinajstić information content (AvgIpc) is 2.82. The van der Waals surface area contributed by atoms with Gasteiger partial charge < -0.3 is 10.4 Å². The van der Waals surface area contributed by atoms with Crippen LogP contribution in [0.5, 0.6) is 0 Å². The first-order valence-corrected chi connectivity index (χ1v) is 7.55. The Hall–Kier alpha value is -1.55. The molecule has 2 rings (SSSR count). The normalized spacial score (nSPS) is 26.3. The summed E-state index contributed by atoms with van der Waals surface area (Å²) >= 11 is 5.84. The Labute approximate surface area is 129 Å². The largest absolute Gasteiger partial charge is 0.481 e. The van der Waals surface area contributed by atoms with E-state index in [9.17, 15) is 14.7 Å². The van der Waals surface area contributed by atoms with Crippen LogP contribution in [0.3, 0.4) is 0 Å². The van der Waals surface area contributed by atoms with Gasteiger partial charge in [0, 0.05) is 5.02 Å². The number of carbonyl (C=O) groups is 2. The molecule has 0 bridgehead atoms. The van der Waals surface area contributed by atoms with Crippen molar-refractivity contribution in [3.63, 3.8) is 0 Å². The Morgan fingerprint density at radius 3 is 2.38 bits per heavy atom. The summed E-state index contributed by atoms with van der Waals surface area (Å²) in [6.45, 7) is 3.88. The molecule has 21 heavy (non-hydrogen) atoms. The molecule has 5 heteroatoms. The van der Waals surface area contributed by atoms with Crippen LogP contribution in [0.1, 0.15) is 38.3 Å². The summed E-state index contributed by atoms with van der Waals surface area (Å²) in [5.74, 6) is -1.79. The van der Waals surface area contributed by atoms with Crippen LogP contribution in [-0.4, -0.2) is 17.0 Å². The minimum absolute atomic E-state index is 0.167. The molecular formula is C16H20ClNO3. The number of amides is 1. The second-order valence-corrected chi connectivity index (χ2v) is 6.35. The lowest BCUT2D eigenvalue weighted by Gasteiger charge is -2.20. The molecule has 1 fully saturated rings. The fourth-order valence-corrected chi connectivity index (χ4v) is 3.14. The molecule has 1 aliphatic rings. The maximum Gasteiger partial charge on any atom is 0.307 e. The SMILES string of the molecule is CC1CC(C(=O)O)C(C(=O)NC(C)c2ccc(Cl)cc2)C1. The van der Waals surface area contributed by atoms with Crippen molar-refractivity contribution in [1.29, 1.82) is 0 Å². The minimum atomic E-state index is -0.876. The Morgan fingerprint density at radius 2 is 1.81 bits per heavy atom. The highest BCUT2D eigenvalue weighted by Gasteiger charge is 2.41. The van der Waals surface area contributed by atoms with E-state index in [2.05, 4.69) is 5.32 Å². The first-order valence-electron chi connectivity index (χ1n) is 7.17. The lowest BCUT2D eigenvalue weighted by Crippen LogP contribution is -2.36. The van der Waals surface area contributed by atoms with Gasteiger partial charge in [0.25, 0.3) is 0 Å². The van der Waals surface area contributed by atoms with Crippen LogP contribution in [0.25, 0.3) is 0 Å². The standard InChI is InChI=1S/C16H20ClNO3/c1-9-7-13(14(8-9)16(20)21)15(19)18-10(2)11-3-5-12(17)6-4-11/h3-6,9-10,13-14H,7-8H2,1-2H3,(H,18,19)(H,20,21). The third-order valence-electron chi connectivity index (χ3n) is 4.18. The summed E-state index contributed by atoms with van der Waals surface area (Å²) < 4.78 is 0. The summed E-state index contributed by atoms with van der Waals surface area (Å²) in [5, 5.41) is 12.8. The van der Waals surface area contributed by atoms with Crippen molar-refractivity contribution in [2.24, 2.45) is 17.8 Å². The van der Waals surface area contributed by atoms with Gasteiger partial charge in [0.15, 0.2) is 0 Å². The Kier molecular flexibility index (Phi) is 4.88. The average molecular weight is 310 g/mol. The van der Waals surface area contributed by atoms with E-state index in [1.807, 2.05) is 26.0 Å². The third kappa shape index (κ3) is 3.76. The Morgan fingerprint density at radius 1 is 1.24 bits per heavy atom. The van der Waals surface area contributed by atoms with E-state index in [-0.39, 0.29) is 17.9 Å². The van der Waals surface area contributed by atoms with E-state index in [1.165, 1.54) is 0 Å². The number of rotatable bonds is 4. The minimum Gasteiger partial charge on any atom is -0.481 e. The molecule has 114 valence electrons. The molecule has 2 N–H and O–H groups in total. The van der Waals surface area contributed by atoms with E-state index < -0.39 is 17.8 Å². The quantitative estimate of drug-likeness (QED) is 0.897. The highest BCUT2D eigenvalue weighted by molar-refractivity contribution is 6.30. The third-order valence-corrected chi connectivity index (χ3v) is 4.43. The first-order chi connectivity index (χ1) is 9.88. The molecular weight excluding hydrogens is 290 g/mol. The van der Waals surface area contributed by atoms with Crippen molar-refractivity contribution in [2.75, 3.05) is 0 Å². The summed E-state index contributed by atoms with van der Waals surface area (Å²) in [7, 11) is 0. The topological polar surface area (TPSA) is 66.4 Å². The molecule has 1 aliphatic carbocycles. The number of benzene rings is 1. The smallest absolute Gasteiger partial charge is 0.307 e. The lowest BCUT2D eigenvalue weighted by atomic mass is 9.94. The van der Waals surface area contributed by atoms with Crippen molar-refractivity contribution in [3.8, 4) is 0 Å². The van der Waals surface area contributed by atoms with Crippen LogP contribution in [0.2, 0.25) is 5.02 Å². The number of carboxylic acids is 1. The summed E-state index contributed by atoms with van der Waals surface area (Å²) in [6.07, 6.45) is 1.21. The maximum atomic E-state index is 12.4. The molecule has 0 saturated heterocycles. The second kappa shape index (κ2) is 6.48. The molecule has 1 aromatic rings. The fourth-order valence-electron chi connectivity index (χ4n) is 3.01. The van der Waals surface area contributed by atoms with E-state index in [0.717, 1.165) is 5.56 Å². The van der Waals surface area contributed by atoms with Gasteiger partial charge in [-0.25, -0.2) is 0 Å². The van der Waals surface area contributed by atoms with Crippen LogP contribution in [0.4, 0.5) is 0 Å². The van der Waals surface area contributed by atoms with Gasteiger partial charge in [-0.05, 0) is 43.4 Å². The van der Waals surface area contributed by atoms with Gasteiger partial charge in [-0.15, -0.1) is 0 Å². The van der Waals surface area contributed by atoms with Gasteiger partial charge >= 0.3 is 5.97 Å². The van der Waals surface area contributed by atoms with Crippen molar-refractivity contribution in [3.05, 3.63) is 34.9 Å². The molecule has 1 aromatic carbocycles. The molecule has 0 spiro atoms. The zero-order valence-electron chi connectivity index (χ0n) is 12.2. The monoisotopic (exact) mass is 309 g/mol. The first kappa shape index (κ1) is 15.8. The molecule has 0 radical (unpaired) electrons. The zero-order chi connectivity index (χ0) is 15.6. The molecule has 0 heterocycles. The van der Waals surface area contributed by atoms with E-state index in [0.29, 0.717) is 17.9 Å². The lowest BCUT2D eigenvalue weighted by molar-refractivity contribution is -0.146. The molecule has 4 atom stereocenters. The number of hydrogen-bond donors (Lipinski definition) is 2. The molecule has 0 aromatic heterocycles. The van der Waals surface area contributed by atoms with Gasteiger partial charge in [0.1, 0.15) is 0 Å². The van der Waals surface area contributed by atoms with Crippen LogP contribution >= 0.6 is 11.6 Å².